The van der Waals surface area contributed by atoms with Crippen LogP contribution in [0.3, 0.4) is 0 Å². The summed E-state index contributed by atoms with van der Waals surface area (Å²) >= 11 is 3.22. The molecule has 15 heavy (non-hydrogen) atoms. The van der Waals surface area contributed by atoms with Gasteiger partial charge in [0.05, 0.1) is 17.7 Å². The highest BCUT2D eigenvalue weighted by atomic mass is 79.9. The van der Waals surface area contributed by atoms with Gasteiger partial charge in [0.2, 0.25) is 0 Å². The highest BCUT2D eigenvalue weighted by Crippen LogP contribution is 2.25. The molecule has 1 heterocycles. The monoisotopic (exact) mass is 267 g/mol. The summed E-state index contributed by atoms with van der Waals surface area (Å²) in [5, 5.41) is 0. The van der Waals surface area contributed by atoms with Gasteiger partial charge >= 0.3 is 0 Å². The minimum Gasteiger partial charge on any atom is -0.301 e. The molecule has 76 valence electrons. The third-order valence-electron chi connectivity index (χ3n) is 2.19. The average Bonchev–Trinajstić information content (AvgIpc) is 2.44. The van der Waals surface area contributed by atoms with E-state index in [4.69, 9.17) is 0 Å². The fraction of sp³-hybridized carbons (Fsp3) is 0.100. The van der Waals surface area contributed by atoms with Crippen molar-refractivity contribution in [2.45, 2.75) is 0 Å². The molecular formula is C10H6BrNO3. The van der Waals surface area contributed by atoms with Crippen molar-refractivity contribution < 1.29 is 14.4 Å². The van der Waals surface area contributed by atoms with Gasteiger partial charge in [-0.1, -0.05) is 15.9 Å². The van der Waals surface area contributed by atoms with Gasteiger partial charge in [0.15, 0.2) is 0 Å². The van der Waals surface area contributed by atoms with E-state index >= 15 is 0 Å². The van der Waals surface area contributed by atoms with Crippen molar-refractivity contribution in [3.8, 4) is 0 Å². The summed E-state index contributed by atoms with van der Waals surface area (Å²) in [7, 11) is 0. The minimum atomic E-state index is -0.414. The summed E-state index contributed by atoms with van der Waals surface area (Å²) in [5.74, 6) is -0.821. The third kappa shape index (κ3) is 1.48. The van der Waals surface area contributed by atoms with E-state index in [9.17, 15) is 14.4 Å². The Balaban J connectivity index is 2.50. The van der Waals surface area contributed by atoms with E-state index in [2.05, 4.69) is 15.9 Å². The molecule has 1 aliphatic heterocycles. The quantitative estimate of drug-likeness (QED) is 0.599. The number of hydrogen-bond acceptors (Lipinski definition) is 3. The molecule has 0 atom stereocenters. The molecule has 2 rings (SSSR count). The molecule has 0 radical (unpaired) electrons. The molecule has 0 unspecified atom stereocenters. The van der Waals surface area contributed by atoms with Crippen LogP contribution >= 0.6 is 15.9 Å². The van der Waals surface area contributed by atoms with Crippen molar-refractivity contribution in [3.63, 3.8) is 0 Å². The van der Waals surface area contributed by atoms with Gasteiger partial charge in [-0.25, -0.2) is 0 Å². The van der Waals surface area contributed by atoms with E-state index in [1.807, 2.05) is 0 Å². The Bertz CT molecular complexity index is 470. The van der Waals surface area contributed by atoms with E-state index in [1.165, 1.54) is 0 Å². The first-order valence-corrected chi connectivity index (χ1v) is 5.04. The Kier molecular flexibility index (Phi) is 2.40. The van der Waals surface area contributed by atoms with Gasteiger partial charge < -0.3 is 4.79 Å². The molecule has 0 saturated carbocycles. The zero-order chi connectivity index (χ0) is 11.0. The number of rotatable bonds is 2. The van der Waals surface area contributed by atoms with Crippen LogP contribution in [0, 0.1) is 0 Å². The summed E-state index contributed by atoms with van der Waals surface area (Å²) < 4.78 is 0.732. The van der Waals surface area contributed by atoms with Crippen LogP contribution in [0.4, 0.5) is 0 Å². The minimum absolute atomic E-state index is 0.191. The molecule has 1 aromatic carbocycles. The molecular weight excluding hydrogens is 262 g/mol. The third-order valence-corrected chi connectivity index (χ3v) is 2.68. The van der Waals surface area contributed by atoms with E-state index in [1.54, 1.807) is 18.2 Å². The number of amides is 2. The van der Waals surface area contributed by atoms with E-state index in [-0.39, 0.29) is 6.54 Å². The fourth-order valence-electron chi connectivity index (χ4n) is 1.50. The van der Waals surface area contributed by atoms with Gasteiger partial charge in [-0.05, 0) is 18.2 Å². The number of carbonyl (C=O) groups is 3. The lowest BCUT2D eigenvalue weighted by molar-refractivity contribution is -0.108. The van der Waals surface area contributed by atoms with Crippen LogP contribution in [-0.4, -0.2) is 29.5 Å². The molecule has 4 nitrogen and oxygen atoms in total. The zero-order valence-corrected chi connectivity index (χ0v) is 9.15. The molecule has 0 fully saturated rings. The predicted octanol–water partition coefficient (Wildman–Crippen LogP) is 1.24. The van der Waals surface area contributed by atoms with Crippen LogP contribution in [-0.2, 0) is 4.79 Å². The van der Waals surface area contributed by atoms with Crippen molar-refractivity contribution in [2.75, 3.05) is 6.54 Å². The van der Waals surface area contributed by atoms with Gasteiger partial charge in [-0.15, -0.1) is 0 Å². The topological polar surface area (TPSA) is 54.5 Å². The molecule has 0 N–H and O–H groups in total. The maximum atomic E-state index is 11.7. The van der Waals surface area contributed by atoms with Crippen LogP contribution in [0.1, 0.15) is 20.7 Å². The average molecular weight is 268 g/mol. The maximum Gasteiger partial charge on any atom is 0.261 e. The molecule has 2 amide bonds. The number of aldehydes is 1. The Morgan fingerprint density at radius 3 is 2.53 bits per heavy atom. The standard InChI is InChI=1S/C10H6BrNO3/c11-6-1-2-7-8(5-6)10(15)12(3-4-13)9(7)14/h1-2,4-5H,3H2. The second kappa shape index (κ2) is 3.58. The van der Waals surface area contributed by atoms with Gasteiger partial charge in [0, 0.05) is 4.47 Å². The zero-order valence-electron chi connectivity index (χ0n) is 7.57. The van der Waals surface area contributed by atoms with Gasteiger partial charge in [0.1, 0.15) is 6.29 Å². The first kappa shape index (κ1) is 10.0. The number of halogens is 1. The maximum absolute atomic E-state index is 11.7. The number of carbonyl (C=O) groups excluding carboxylic acids is 3. The van der Waals surface area contributed by atoms with Crippen molar-refractivity contribution in [2.24, 2.45) is 0 Å². The molecule has 1 aliphatic rings. The summed E-state index contributed by atoms with van der Waals surface area (Å²) in [5.41, 5.74) is 0.696. The van der Waals surface area contributed by atoms with Gasteiger partial charge in [-0.2, -0.15) is 0 Å². The highest BCUT2D eigenvalue weighted by Gasteiger charge is 2.34. The normalized spacial score (nSPS) is 14.3. The van der Waals surface area contributed by atoms with Gasteiger partial charge in [0.25, 0.3) is 11.8 Å². The smallest absolute Gasteiger partial charge is 0.261 e. The van der Waals surface area contributed by atoms with Crippen LogP contribution < -0.4 is 0 Å². The number of imide groups is 1. The highest BCUT2D eigenvalue weighted by molar-refractivity contribution is 9.10. The Hall–Kier alpha value is -1.49. The lowest BCUT2D eigenvalue weighted by atomic mass is 10.1. The van der Waals surface area contributed by atoms with E-state index < -0.39 is 11.8 Å². The van der Waals surface area contributed by atoms with E-state index in [0.717, 1.165) is 9.37 Å². The number of nitrogens with zero attached hydrogens (tertiary/aromatic N) is 1. The van der Waals surface area contributed by atoms with Crippen molar-refractivity contribution in [1.82, 2.24) is 4.90 Å². The second-order valence-corrected chi connectivity index (χ2v) is 3.99. The largest absolute Gasteiger partial charge is 0.301 e. The summed E-state index contributed by atoms with van der Waals surface area (Å²) in [4.78, 5) is 34.6. The first-order chi connectivity index (χ1) is 7.15. The molecule has 0 aliphatic carbocycles. The number of fused-ring (bicyclic) bond motifs is 1. The number of hydrogen-bond donors (Lipinski definition) is 0. The number of benzene rings is 1. The van der Waals surface area contributed by atoms with E-state index in [0.29, 0.717) is 17.4 Å². The Morgan fingerprint density at radius 2 is 1.87 bits per heavy atom. The fourth-order valence-corrected chi connectivity index (χ4v) is 1.86. The lowest BCUT2D eigenvalue weighted by Crippen LogP contribution is -2.31. The molecule has 0 saturated heterocycles. The summed E-state index contributed by atoms with van der Waals surface area (Å²) in [6.07, 6.45) is 0.538. The van der Waals surface area contributed by atoms with Crippen LogP contribution in [0.15, 0.2) is 22.7 Å². The molecule has 0 spiro atoms. The SMILES string of the molecule is O=CCN1C(=O)c2ccc(Br)cc2C1=O. The van der Waals surface area contributed by atoms with Crippen LogP contribution in [0.2, 0.25) is 0 Å². The Morgan fingerprint density at radius 1 is 1.20 bits per heavy atom. The molecule has 0 bridgehead atoms. The van der Waals surface area contributed by atoms with Crippen LogP contribution in [0.25, 0.3) is 0 Å². The summed E-state index contributed by atoms with van der Waals surface area (Å²) in [6.45, 7) is -0.191. The van der Waals surface area contributed by atoms with Gasteiger partial charge in [-0.3, -0.25) is 14.5 Å². The van der Waals surface area contributed by atoms with Crippen molar-refractivity contribution in [1.29, 1.82) is 0 Å². The molecule has 5 heteroatoms. The van der Waals surface area contributed by atoms with Crippen molar-refractivity contribution in [3.05, 3.63) is 33.8 Å². The second-order valence-electron chi connectivity index (χ2n) is 3.08. The van der Waals surface area contributed by atoms with Crippen molar-refractivity contribution >= 4 is 34.0 Å². The van der Waals surface area contributed by atoms with Crippen LogP contribution in [0.5, 0.6) is 0 Å². The lowest BCUT2D eigenvalue weighted by Gasteiger charge is -2.07. The molecule has 0 aromatic heterocycles. The summed E-state index contributed by atoms with van der Waals surface area (Å²) in [6, 6.07) is 4.85. The first-order valence-electron chi connectivity index (χ1n) is 4.24. The molecule has 1 aromatic rings. The Labute approximate surface area is 94.0 Å². The predicted molar refractivity (Wildman–Crippen MR) is 55.6 cm³/mol.